The van der Waals surface area contributed by atoms with Gasteiger partial charge in [0.1, 0.15) is 30.5 Å². The fourth-order valence-electron chi connectivity index (χ4n) is 6.94. The third-order valence-corrected chi connectivity index (χ3v) is 11.1. The normalized spacial score (nSPS) is 21.8. The molecule has 0 aromatic heterocycles. The van der Waals surface area contributed by atoms with E-state index in [4.69, 9.17) is 14.0 Å². The maximum absolute atomic E-state index is 13.0. The highest BCUT2D eigenvalue weighted by Crippen LogP contribution is 2.26. The van der Waals surface area contributed by atoms with Gasteiger partial charge in [-0.25, -0.2) is 4.18 Å². The van der Waals surface area contributed by atoms with Gasteiger partial charge < -0.3 is 40.3 Å². The lowest BCUT2D eigenvalue weighted by molar-refractivity contribution is -0.298. The van der Waals surface area contributed by atoms with Crippen LogP contribution in [-0.4, -0.2) is 107 Å². The van der Waals surface area contributed by atoms with Crippen LogP contribution in [-0.2, 0) is 28.9 Å². The lowest BCUT2D eigenvalue weighted by Gasteiger charge is -2.41. The molecule has 0 spiro atoms. The molecule has 1 aliphatic rings. The molecule has 60 heavy (non-hydrogen) atoms. The van der Waals surface area contributed by atoms with Gasteiger partial charge in [-0.2, -0.15) is 8.42 Å². The minimum Gasteiger partial charge on any atom is -0.394 e. The van der Waals surface area contributed by atoms with E-state index in [1.165, 1.54) is 89.5 Å². The summed E-state index contributed by atoms with van der Waals surface area (Å²) >= 11 is 0. The van der Waals surface area contributed by atoms with Gasteiger partial charge in [0.05, 0.1) is 25.4 Å². The van der Waals surface area contributed by atoms with E-state index in [9.17, 15) is 38.7 Å². The quantitative estimate of drug-likeness (QED) is 0.0180. The molecule has 1 fully saturated rings. The summed E-state index contributed by atoms with van der Waals surface area (Å²) in [6.07, 6.45) is 32.1. The van der Waals surface area contributed by atoms with Gasteiger partial charge in [0.15, 0.2) is 6.29 Å². The molecular formula is C46H83NO12S. The number of aliphatic hydroxyl groups is 5. The molecule has 1 aliphatic heterocycles. The predicted octanol–water partition coefficient (Wildman–Crippen LogP) is 7.85. The number of amides is 1. The topological polar surface area (TPSA) is 212 Å². The Bertz CT molecular complexity index is 1280. The van der Waals surface area contributed by atoms with Gasteiger partial charge in [-0.05, 0) is 64.2 Å². The average molecular weight is 874 g/mol. The zero-order chi connectivity index (χ0) is 44.3. The monoisotopic (exact) mass is 874 g/mol. The molecule has 0 bridgehead atoms. The highest BCUT2D eigenvalue weighted by Gasteiger charge is 2.48. The fourth-order valence-corrected chi connectivity index (χ4v) is 7.45. The number of hydrogen-bond acceptors (Lipinski definition) is 11. The van der Waals surface area contributed by atoms with Gasteiger partial charge in [0.2, 0.25) is 5.91 Å². The van der Waals surface area contributed by atoms with E-state index in [0.717, 1.165) is 57.8 Å². The van der Waals surface area contributed by atoms with Gasteiger partial charge in [-0.1, -0.05) is 159 Å². The maximum atomic E-state index is 13.0. The smallest absolute Gasteiger partial charge is 0.394 e. The Morgan fingerprint density at radius 2 is 1.13 bits per heavy atom. The van der Waals surface area contributed by atoms with Crippen LogP contribution in [0, 0.1) is 0 Å². The van der Waals surface area contributed by atoms with Gasteiger partial charge in [-0.3, -0.25) is 9.35 Å². The molecule has 7 N–H and O–H groups in total. The molecule has 1 rings (SSSR count). The van der Waals surface area contributed by atoms with Crippen molar-refractivity contribution in [1.82, 2.24) is 5.32 Å². The summed E-state index contributed by atoms with van der Waals surface area (Å²) in [6.45, 7) is 3.12. The number of carbonyl (C=O) groups is 1. The summed E-state index contributed by atoms with van der Waals surface area (Å²) in [6, 6.07) is -1.15. The van der Waals surface area contributed by atoms with Crippen LogP contribution in [0.2, 0.25) is 0 Å². The van der Waals surface area contributed by atoms with Crippen molar-refractivity contribution in [2.75, 3.05) is 13.2 Å². The Morgan fingerprint density at radius 3 is 1.65 bits per heavy atom. The van der Waals surface area contributed by atoms with Gasteiger partial charge >= 0.3 is 10.4 Å². The minimum absolute atomic E-state index is 0.217. The number of unbranched alkanes of at least 4 members (excludes halogenated alkanes) is 19. The first-order valence-electron chi connectivity index (χ1n) is 23.1. The minimum atomic E-state index is -5.12. The lowest BCUT2D eigenvalue weighted by atomic mass is 9.99. The molecule has 350 valence electrons. The zero-order valence-electron chi connectivity index (χ0n) is 36.9. The molecule has 0 saturated carbocycles. The largest absolute Gasteiger partial charge is 0.397 e. The van der Waals surface area contributed by atoms with Crippen molar-refractivity contribution in [2.45, 2.75) is 223 Å². The second-order valence-corrected chi connectivity index (χ2v) is 17.2. The summed E-state index contributed by atoms with van der Waals surface area (Å²) in [7, 11) is -5.12. The van der Waals surface area contributed by atoms with Crippen molar-refractivity contribution in [3.63, 3.8) is 0 Å². The number of hydrogen-bond donors (Lipinski definition) is 7. The van der Waals surface area contributed by atoms with E-state index < -0.39 is 78.5 Å². The molecule has 8 unspecified atom stereocenters. The Kier molecular flexibility index (Phi) is 34.1. The molecule has 14 heteroatoms. The van der Waals surface area contributed by atoms with E-state index in [0.29, 0.717) is 12.8 Å². The highest BCUT2D eigenvalue weighted by molar-refractivity contribution is 7.80. The van der Waals surface area contributed by atoms with E-state index in [-0.39, 0.29) is 6.42 Å². The molecule has 1 amide bonds. The number of carbonyl (C=O) groups excluding carboxylic acids is 1. The fraction of sp³-hybridized carbons (Fsp3) is 0.804. The molecule has 0 radical (unpaired) electrons. The first-order valence-corrected chi connectivity index (χ1v) is 24.5. The maximum Gasteiger partial charge on any atom is 0.397 e. The van der Waals surface area contributed by atoms with E-state index >= 15 is 0 Å². The van der Waals surface area contributed by atoms with Gasteiger partial charge in [-0.15, -0.1) is 0 Å². The molecule has 8 atom stereocenters. The Hall–Kier alpha value is -1.98. The average Bonchev–Trinajstić information content (AvgIpc) is 3.22. The number of rotatable bonds is 38. The van der Waals surface area contributed by atoms with E-state index in [1.54, 1.807) is 6.08 Å². The summed E-state index contributed by atoms with van der Waals surface area (Å²) in [5, 5.41) is 55.0. The van der Waals surface area contributed by atoms with Crippen LogP contribution in [0.25, 0.3) is 0 Å². The van der Waals surface area contributed by atoms with Crippen molar-refractivity contribution in [3.05, 3.63) is 48.6 Å². The van der Waals surface area contributed by atoms with Crippen LogP contribution in [0.15, 0.2) is 48.6 Å². The van der Waals surface area contributed by atoms with Crippen molar-refractivity contribution >= 4 is 16.3 Å². The first kappa shape index (κ1) is 56.0. The lowest BCUT2D eigenvalue weighted by Crippen LogP contribution is -2.61. The molecular weight excluding hydrogens is 791 g/mol. The SMILES string of the molecule is CCCC/C=C\CCCCCCC(O)C(=O)NC(COC1OC(CO)C(O)C(OS(=O)(=O)O)C1O)C(O)/C=C/CC/C=C/CC/C=C/CCCCCCCCCCCCC. The molecule has 0 aliphatic carbocycles. The second-order valence-electron chi connectivity index (χ2n) is 16.1. The Morgan fingerprint density at radius 1 is 0.667 bits per heavy atom. The summed E-state index contributed by atoms with van der Waals surface area (Å²) in [4.78, 5) is 13.0. The number of aliphatic hydroxyl groups excluding tert-OH is 5. The van der Waals surface area contributed by atoms with Crippen molar-refractivity contribution in [2.24, 2.45) is 0 Å². The molecule has 0 aromatic rings. The highest BCUT2D eigenvalue weighted by atomic mass is 32.3. The van der Waals surface area contributed by atoms with E-state index in [2.05, 4.69) is 59.8 Å². The first-order chi connectivity index (χ1) is 28.9. The second kappa shape index (κ2) is 36.5. The zero-order valence-corrected chi connectivity index (χ0v) is 37.7. The third-order valence-electron chi connectivity index (χ3n) is 10.7. The molecule has 1 heterocycles. The van der Waals surface area contributed by atoms with Crippen LogP contribution in [0.1, 0.15) is 174 Å². The number of allylic oxidation sites excluding steroid dienone is 7. The van der Waals surface area contributed by atoms with Crippen molar-refractivity contribution < 1.29 is 57.0 Å². The number of ether oxygens (including phenoxy) is 2. The summed E-state index contributed by atoms with van der Waals surface area (Å²) in [5.74, 6) is -0.730. The van der Waals surface area contributed by atoms with Crippen LogP contribution in [0.4, 0.5) is 0 Å². The van der Waals surface area contributed by atoms with Gasteiger partial charge in [0, 0.05) is 0 Å². The molecule has 0 aromatic carbocycles. The van der Waals surface area contributed by atoms with Crippen molar-refractivity contribution in [1.29, 1.82) is 0 Å². The Labute approximate surface area is 362 Å². The van der Waals surface area contributed by atoms with E-state index in [1.807, 2.05) is 0 Å². The van der Waals surface area contributed by atoms with Gasteiger partial charge in [0.25, 0.3) is 0 Å². The molecule has 13 nitrogen and oxygen atoms in total. The van der Waals surface area contributed by atoms with Crippen LogP contribution < -0.4 is 5.32 Å². The summed E-state index contributed by atoms with van der Waals surface area (Å²) < 4.78 is 47.4. The third kappa shape index (κ3) is 28.6. The van der Waals surface area contributed by atoms with Crippen LogP contribution in [0.5, 0.6) is 0 Å². The van der Waals surface area contributed by atoms with Crippen LogP contribution in [0.3, 0.4) is 0 Å². The summed E-state index contributed by atoms with van der Waals surface area (Å²) in [5.41, 5.74) is 0. The van der Waals surface area contributed by atoms with Crippen LogP contribution >= 0.6 is 0 Å². The molecule has 1 saturated heterocycles. The Balaban J connectivity index is 2.61. The number of nitrogens with one attached hydrogen (secondary N) is 1. The predicted molar refractivity (Wildman–Crippen MR) is 237 cm³/mol. The standard InChI is InChI=1S/C46H83NO12S/c1-3-5-7-9-11-13-15-16-17-18-19-20-21-22-23-24-25-27-28-30-32-34-39(49)38(47-45(53)40(50)35-33-31-29-26-14-12-10-8-6-4-2)37-57-46-43(52)44(59-60(54,55)56)42(51)41(36-48)58-46/h10,12,21-22,25,27,32,34,38-44,46,48-52H,3-9,11,13-20,23-24,26,28-31,33,35-37H2,1-2H3,(H,47,53)(H,54,55,56)/b12-10-,22-21+,27-25+,34-32+. The van der Waals surface area contributed by atoms with Crippen molar-refractivity contribution in [3.8, 4) is 0 Å².